The van der Waals surface area contributed by atoms with E-state index in [1.54, 1.807) is 13.0 Å². The van der Waals surface area contributed by atoms with Crippen molar-refractivity contribution in [2.45, 2.75) is 19.4 Å². The van der Waals surface area contributed by atoms with Gasteiger partial charge in [0.05, 0.1) is 0 Å². The van der Waals surface area contributed by atoms with Gasteiger partial charge in [-0.1, -0.05) is 35.0 Å². The zero-order valence-corrected chi connectivity index (χ0v) is 14.3. The van der Waals surface area contributed by atoms with Crippen molar-refractivity contribution in [3.8, 4) is 0 Å². The van der Waals surface area contributed by atoms with E-state index in [0.717, 1.165) is 30.2 Å². The van der Waals surface area contributed by atoms with Crippen molar-refractivity contribution in [3.63, 3.8) is 0 Å². The van der Waals surface area contributed by atoms with Crippen LogP contribution in [0.15, 0.2) is 34.9 Å². The largest absolute Gasteiger partial charge is 0.360 e. The van der Waals surface area contributed by atoms with Crippen LogP contribution < -0.4 is 10.6 Å². The molecule has 24 heavy (non-hydrogen) atoms. The first-order chi connectivity index (χ1) is 11.6. The van der Waals surface area contributed by atoms with E-state index in [1.165, 1.54) is 0 Å². The second-order valence-corrected chi connectivity index (χ2v) is 6.31. The molecule has 1 aromatic heterocycles. The fourth-order valence-electron chi connectivity index (χ4n) is 2.94. The minimum Gasteiger partial charge on any atom is -0.360 e. The van der Waals surface area contributed by atoms with Crippen molar-refractivity contribution in [1.29, 1.82) is 0 Å². The van der Waals surface area contributed by atoms with Crippen LogP contribution in [0, 0.1) is 6.92 Å². The first-order valence-electron chi connectivity index (χ1n) is 8.06. The number of hydrogen-bond donors (Lipinski definition) is 2. The number of benzene rings is 1. The average molecular weight is 349 g/mol. The van der Waals surface area contributed by atoms with Crippen molar-refractivity contribution in [3.05, 3.63) is 46.7 Å². The summed E-state index contributed by atoms with van der Waals surface area (Å²) in [5.74, 6) is 1.06. The molecule has 1 fully saturated rings. The summed E-state index contributed by atoms with van der Waals surface area (Å²) in [6.07, 6.45) is 0.396. The Hall–Kier alpha value is -1.89. The number of piperazine rings is 1. The summed E-state index contributed by atoms with van der Waals surface area (Å²) in [7, 11) is 0. The molecule has 0 bridgehead atoms. The molecule has 128 valence electrons. The molecule has 3 rings (SSSR count). The number of aryl methyl sites for hydroxylation is 1. The SMILES string of the molecule is Cc1cc(NC(=O)CCN2CCNCC2c2ccccc2Cl)no1. The monoisotopic (exact) mass is 348 g/mol. The molecule has 7 heteroatoms. The number of carbonyl (C=O) groups excluding carboxylic acids is 1. The van der Waals surface area contributed by atoms with E-state index in [4.69, 9.17) is 16.1 Å². The lowest BCUT2D eigenvalue weighted by atomic mass is 10.0. The summed E-state index contributed by atoms with van der Waals surface area (Å²) in [6, 6.07) is 9.76. The summed E-state index contributed by atoms with van der Waals surface area (Å²) < 4.78 is 4.95. The Morgan fingerprint density at radius 1 is 1.50 bits per heavy atom. The highest BCUT2D eigenvalue weighted by molar-refractivity contribution is 6.31. The Morgan fingerprint density at radius 2 is 2.33 bits per heavy atom. The molecule has 1 aliphatic heterocycles. The van der Waals surface area contributed by atoms with Crippen LogP contribution in [-0.2, 0) is 4.79 Å². The second-order valence-electron chi connectivity index (χ2n) is 5.90. The Kier molecular flexibility index (Phi) is 5.50. The third-order valence-corrected chi connectivity index (χ3v) is 4.48. The van der Waals surface area contributed by atoms with Gasteiger partial charge in [-0.05, 0) is 18.6 Å². The van der Waals surface area contributed by atoms with Gasteiger partial charge in [0.15, 0.2) is 5.82 Å². The van der Waals surface area contributed by atoms with E-state index in [9.17, 15) is 4.79 Å². The number of carbonyl (C=O) groups is 1. The minimum absolute atomic E-state index is 0.0697. The number of rotatable bonds is 5. The molecule has 1 unspecified atom stereocenters. The molecule has 1 aromatic carbocycles. The highest BCUT2D eigenvalue weighted by Crippen LogP contribution is 2.28. The number of aromatic nitrogens is 1. The number of hydrogen-bond acceptors (Lipinski definition) is 5. The summed E-state index contributed by atoms with van der Waals surface area (Å²) in [5.41, 5.74) is 1.10. The first-order valence-corrected chi connectivity index (χ1v) is 8.43. The van der Waals surface area contributed by atoms with E-state index in [1.807, 2.05) is 24.3 Å². The van der Waals surface area contributed by atoms with Gasteiger partial charge >= 0.3 is 0 Å². The van der Waals surface area contributed by atoms with Crippen molar-refractivity contribution < 1.29 is 9.32 Å². The van der Waals surface area contributed by atoms with Crippen LogP contribution >= 0.6 is 11.6 Å². The zero-order chi connectivity index (χ0) is 16.9. The zero-order valence-electron chi connectivity index (χ0n) is 13.6. The number of amides is 1. The van der Waals surface area contributed by atoms with Crippen molar-refractivity contribution in [2.24, 2.45) is 0 Å². The van der Waals surface area contributed by atoms with Gasteiger partial charge < -0.3 is 15.2 Å². The van der Waals surface area contributed by atoms with Crippen LogP contribution in [0.25, 0.3) is 0 Å². The van der Waals surface area contributed by atoms with Gasteiger partial charge in [0.25, 0.3) is 0 Å². The molecule has 0 radical (unpaired) electrons. The lowest BCUT2D eigenvalue weighted by Gasteiger charge is -2.36. The molecule has 6 nitrogen and oxygen atoms in total. The Labute approximate surface area is 146 Å². The smallest absolute Gasteiger partial charge is 0.226 e. The van der Waals surface area contributed by atoms with Crippen LogP contribution in [0.2, 0.25) is 5.02 Å². The third-order valence-electron chi connectivity index (χ3n) is 4.14. The fourth-order valence-corrected chi connectivity index (χ4v) is 3.20. The first kappa shape index (κ1) is 17.0. The highest BCUT2D eigenvalue weighted by atomic mass is 35.5. The molecule has 2 aromatic rings. The fraction of sp³-hybridized carbons (Fsp3) is 0.412. The van der Waals surface area contributed by atoms with Gasteiger partial charge in [0, 0.05) is 49.7 Å². The van der Waals surface area contributed by atoms with Gasteiger partial charge in [-0.3, -0.25) is 9.69 Å². The van der Waals surface area contributed by atoms with Gasteiger partial charge in [0.2, 0.25) is 5.91 Å². The van der Waals surface area contributed by atoms with Crippen LogP contribution in [0.5, 0.6) is 0 Å². The van der Waals surface area contributed by atoms with Crippen LogP contribution in [0.3, 0.4) is 0 Å². The van der Waals surface area contributed by atoms with Crippen LogP contribution in [-0.4, -0.2) is 42.1 Å². The van der Waals surface area contributed by atoms with Gasteiger partial charge in [0.1, 0.15) is 5.76 Å². The number of halogens is 1. The lowest BCUT2D eigenvalue weighted by Crippen LogP contribution is -2.46. The van der Waals surface area contributed by atoms with Crippen molar-refractivity contribution >= 4 is 23.3 Å². The quantitative estimate of drug-likeness (QED) is 0.869. The molecule has 0 saturated carbocycles. The molecular formula is C17H21ClN4O2. The molecule has 2 heterocycles. The van der Waals surface area contributed by atoms with E-state index in [2.05, 4.69) is 20.7 Å². The van der Waals surface area contributed by atoms with Crippen molar-refractivity contribution in [2.75, 3.05) is 31.5 Å². The molecule has 0 aliphatic carbocycles. The van der Waals surface area contributed by atoms with Gasteiger partial charge in [-0.25, -0.2) is 0 Å². The van der Waals surface area contributed by atoms with Crippen LogP contribution in [0.4, 0.5) is 5.82 Å². The highest BCUT2D eigenvalue weighted by Gasteiger charge is 2.25. The number of anilines is 1. The van der Waals surface area contributed by atoms with E-state index < -0.39 is 0 Å². The molecule has 1 amide bonds. The molecule has 2 N–H and O–H groups in total. The standard InChI is InChI=1S/C17H21ClN4O2/c1-12-10-16(21-24-12)20-17(23)6-8-22-9-7-19-11-15(22)13-4-2-3-5-14(13)18/h2-5,10,15,19H,6-9,11H2,1H3,(H,20,21,23). The average Bonchev–Trinajstić information content (AvgIpc) is 2.99. The molecule has 1 saturated heterocycles. The topological polar surface area (TPSA) is 70.4 Å². The van der Waals surface area contributed by atoms with E-state index in [-0.39, 0.29) is 11.9 Å². The maximum absolute atomic E-state index is 12.1. The Balaban J connectivity index is 1.60. The predicted molar refractivity (Wildman–Crippen MR) is 93.1 cm³/mol. The predicted octanol–water partition coefficient (Wildman–Crippen LogP) is 2.61. The second kappa shape index (κ2) is 7.79. The van der Waals surface area contributed by atoms with Crippen LogP contribution in [0.1, 0.15) is 23.8 Å². The van der Waals surface area contributed by atoms with E-state index in [0.29, 0.717) is 24.5 Å². The summed E-state index contributed by atoms with van der Waals surface area (Å²) in [6.45, 7) is 5.07. The normalized spacial score (nSPS) is 18.5. The Morgan fingerprint density at radius 3 is 3.08 bits per heavy atom. The van der Waals surface area contributed by atoms with Crippen molar-refractivity contribution in [1.82, 2.24) is 15.4 Å². The number of nitrogens with zero attached hydrogens (tertiary/aromatic N) is 2. The third kappa shape index (κ3) is 4.14. The summed E-state index contributed by atoms with van der Waals surface area (Å²) >= 11 is 6.34. The Bertz CT molecular complexity index is 703. The van der Waals surface area contributed by atoms with E-state index >= 15 is 0 Å². The molecule has 1 aliphatic rings. The molecular weight excluding hydrogens is 328 g/mol. The minimum atomic E-state index is -0.0697. The maximum Gasteiger partial charge on any atom is 0.226 e. The molecule has 1 atom stereocenters. The van der Waals surface area contributed by atoms with Gasteiger partial charge in [-0.15, -0.1) is 0 Å². The molecule has 0 spiro atoms. The van der Waals surface area contributed by atoms with Gasteiger partial charge in [-0.2, -0.15) is 0 Å². The summed E-state index contributed by atoms with van der Waals surface area (Å²) in [5, 5.41) is 10.7. The maximum atomic E-state index is 12.1. The number of nitrogens with one attached hydrogen (secondary N) is 2. The summed E-state index contributed by atoms with van der Waals surface area (Å²) in [4.78, 5) is 14.4. The lowest BCUT2D eigenvalue weighted by molar-refractivity contribution is -0.116.